The molecule has 0 spiro atoms. The zero-order valence-electron chi connectivity index (χ0n) is 4.96. The number of ether oxygens (including phenoxy) is 1. The molecule has 0 fully saturated rings. The molecule has 4 heteroatoms. The van der Waals surface area contributed by atoms with Crippen molar-refractivity contribution in [1.82, 2.24) is 0 Å². The molecular formula is C4H13ClN2O. The number of rotatable bonds is 2. The Morgan fingerprint density at radius 3 is 2.00 bits per heavy atom. The highest BCUT2D eigenvalue weighted by Gasteiger charge is 1.58. The minimum atomic E-state index is 0. The van der Waals surface area contributed by atoms with E-state index in [1.54, 1.807) is 13.2 Å². The summed E-state index contributed by atoms with van der Waals surface area (Å²) >= 11 is 0. The first kappa shape index (κ1) is 15.7. The van der Waals surface area contributed by atoms with E-state index in [4.69, 9.17) is 0 Å². The minimum absolute atomic E-state index is 0. The van der Waals surface area contributed by atoms with Gasteiger partial charge in [0.2, 0.25) is 0 Å². The third kappa shape index (κ3) is 39.1. The maximum Gasteiger partial charge on any atom is 0.0641 e. The van der Waals surface area contributed by atoms with E-state index in [-0.39, 0.29) is 12.4 Å². The van der Waals surface area contributed by atoms with Gasteiger partial charge in [-0.3, -0.25) is 11.7 Å². The highest BCUT2D eigenvalue weighted by Crippen LogP contribution is 1.60. The van der Waals surface area contributed by atoms with E-state index in [9.17, 15) is 0 Å². The van der Waals surface area contributed by atoms with Crippen LogP contribution in [-0.4, -0.2) is 13.7 Å². The van der Waals surface area contributed by atoms with Crippen molar-refractivity contribution >= 4 is 12.4 Å². The smallest absolute Gasteiger partial charge is 0.0641 e. The van der Waals surface area contributed by atoms with Crippen molar-refractivity contribution < 1.29 is 4.74 Å². The molecule has 0 heterocycles. The lowest BCUT2D eigenvalue weighted by Gasteiger charge is -1.79. The van der Waals surface area contributed by atoms with E-state index >= 15 is 0 Å². The van der Waals surface area contributed by atoms with Crippen LogP contribution in [-0.2, 0) is 4.74 Å². The molecule has 0 bridgehead atoms. The van der Waals surface area contributed by atoms with Gasteiger partial charge in [-0.1, -0.05) is 6.08 Å². The van der Waals surface area contributed by atoms with Crippen molar-refractivity contribution in [3.05, 3.63) is 12.7 Å². The highest BCUT2D eigenvalue weighted by molar-refractivity contribution is 5.85. The van der Waals surface area contributed by atoms with Gasteiger partial charge in [0.05, 0.1) is 6.61 Å². The summed E-state index contributed by atoms with van der Waals surface area (Å²) in [5.41, 5.74) is 0. The normalized spacial score (nSPS) is 5.38. The second-order valence-electron chi connectivity index (χ2n) is 0.744. The van der Waals surface area contributed by atoms with Crippen LogP contribution in [0.5, 0.6) is 0 Å². The molecule has 0 aliphatic rings. The van der Waals surface area contributed by atoms with Gasteiger partial charge in [0.25, 0.3) is 0 Å². The Morgan fingerprint density at radius 1 is 1.62 bits per heavy atom. The lowest BCUT2D eigenvalue weighted by atomic mass is 10.7. The second-order valence-corrected chi connectivity index (χ2v) is 0.744. The van der Waals surface area contributed by atoms with Gasteiger partial charge in [0, 0.05) is 7.11 Å². The summed E-state index contributed by atoms with van der Waals surface area (Å²) in [5.74, 6) is 8.00. The molecule has 52 valence electrons. The van der Waals surface area contributed by atoms with Crippen LogP contribution in [0.3, 0.4) is 0 Å². The number of hydrazine groups is 1. The molecule has 8 heavy (non-hydrogen) atoms. The van der Waals surface area contributed by atoms with Crippen LogP contribution in [0.2, 0.25) is 0 Å². The lowest BCUT2D eigenvalue weighted by molar-refractivity contribution is 0.234. The SMILES string of the molecule is C=CCOC.Cl.NN. The van der Waals surface area contributed by atoms with Crippen LogP contribution < -0.4 is 11.7 Å². The summed E-state index contributed by atoms with van der Waals surface area (Å²) in [6, 6.07) is 0. The van der Waals surface area contributed by atoms with Gasteiger partial charge in [-0.25, -0.2) is 0 Å². The summed E-state index contributed by atoms with van der Waals surface area (Å²) in [7, 11) is 1.64. The Kier molecular flexibility index (Phi) is 55.8. The Labute approximate surface area is 56.1 Å². The van der Waals surface area contributed by atoms with E-state index in [1.165, 1.54) is 0 Å². The van der Waals surface area contributed by atoms with Gasteiger partial charge in [-0.05, 0) is 0 Å². The van der Waals surface area contributed by atoms with Crippen molar-refractivity contribution in [2.45, 2.75) is 0 Å². The average molecular weight is 141 g/mol. The molecule has 0 aromatic rings. The fourth-order valence-electron chi connectivity index (χ4n) is 0.118. The van der Waals surface area contributed by atoms with E-state index in [0.29, 0.717) is 6.61 Å². The third-order valence-electron chi connectivity index (χ3n) is 0.285. The number of methoxy groups -OCH3 is 1. The van der Waals surface area contributed by atoms with Crippen molar-refractivity contribution in [3.8, 4) is 0 Å². The maximum atomic E-state index is 4.57. The molecule has 0 radical (unpaired) electrons. The molecule has 0 saturated heterocycles. The van der Waals surface area contributed by atoms with Gasteiger partial charge in [0.1, 0.15) is 0 Å². The van der Waals surface area contributed by atoms with Crippen LogP contribution in [0.25, 0.3) is 0 Å². The first-order valence-corrected chi connectivity index (χ1v) is 1.85. The quantitative estimate of drug-likeness (QED) is 0.324. The lowest BCUT2D eigenvalue weighted by Crippen LogP contribution is -2.02. The van der Waals surface area contributed by atoms with Crippen molar-refractivity contribution in [2.75, 3.05) is 13.7 Å². The van der Waals surface area contributed by atoms with Crippen LogP contribution in [0.15, 0.2) is 12.7 Å². The van der Waals surface area contributed by atoms with Gasteiger partial charge >= 0.3 is 0 Å². The third-order valence-corrected chi connectivity index (χ3v) is 0.285. The molecule has 0 unspecified atom stereocenters. The van der Waals surface area contributed by atoms with Gasteiger partial charge < -0.3 is 4.74 Å². The second kappa shape index (κ2) is 28.5. The molecule has 0 saturated carbocycles. The molecule has 0 atom stereocenters. The summed E-state index contributed by atoms with van der Waals surface area (Å²) in [6.45, 7) is 4.08. The van der Waals surface area contributed by atoms with Crippen molar-refractivity contribution in [2.24, 2.45) is 11.7 Å². The van der Waals surface area contributed by atoms with Gasteiger partial charge in [-0.2, -0.15) is 0 Å². The van der Waals surface area contributed by atoms with E-state index < -0.39 is 0 Å². The summed E-state index contributed by atoms with van der Waals surface area (Å²) in [6.07, 6.45) is 1.71. The van der Waals surface area contributed by atoms with Crippen LogP contribution in [0.4, 0.5) is 0 Å². The molecule has 0 rings (SSSR count). The van der Waals surface area contributed by atoms with Crippen LogP contribution >= 0.6 is 12.4 Å². The van der Waals surface area contributed by atoms with Crippen LogP contribution in [0.1, 0.15) is 0 Å². The van der Waals surface area contributed by atoms with Crippen LogP contribution in [0, 0.1) is 0 Å². The summed E-state index contributed by atoms with van der Waals surface area (Å²) in [5, 5.41) is 0. The zero-order chi connectivity index (χ0) is 6.12. The standard InChI is InChI=1S/C4H8O.ClH.H4N2/c1-3-4-5-2;;1-2/h3H,1,4H2,2H3;1H;1-2H2. The van der Waals surface area contributed by atoms with E-state index in [1.807, 2.05) is 0 Å². The molecule has 0 aromatic heterocycles. The number of hydrogen-bond donors (Lipinski definition) is 2. The van der Waals surface area contributed by atoms with Gasteiger partial charge in [0.15, 0.2) is 0 Å². The largest absolute Gasteiger partial charge is 0.381 e. The number of hydrogen-bond acceptors (Lipinski definition) is 3. The molecule has 0 amide bonds. The number of halogens is 1. The molecule has 0 aliphatic heterocycles. The predicted molar refractivity (Wildman–Crippen MR) is 37.7 cm³/mol. The molecule has 4 N–H and O–H groups in total. The van der Waals surface area contributed by atoms with Gasteiger partial charge in [-0.15, -0.1) is 19.0 Å². The maximum absolute atomic E-state index is 4.57. The van der Waals surface area contributed by atoms with Crippen molar-refractivity contribution in [3.63, 3.8) is 0 Å². The topological polar surface area (TPSA) is 61.3 Å². The summed E-state index contributed by atoms with van der Waals surface area (Å²) < 4.78 is 4.57. The van der Waals surface area contributed by atoms with E-state index in [2.05, 4.69) is 23.0 Å². The highest BCUT2D eigenvalue weighted by atomic mass is 35.5. The fourth-order valence-corrected chi connectivity index (χ4v) is 0.118. The number of nitrogens with two attached hydrogens (primary N) is 2. The first-order valence-electron chi connectivity index (χ1n) is 1.85. The Bertz CT molecular complexity index is 35.2. The summed E-state index contributed by atoms with van der Waals surface area (Å²) in [4.78, 5) is 0. The molecular weight excluding hydrogens is 128 g/mol. The zero-order valence-corrected chi connectivity index (χ0v) is 5.78. The molecule has 0 aliphatic carbocycles. The molecule has 3 nitrogen and oxygen atoms in total. The Morgan fingerprint density at radius 2 is 2.00 bits per heavy atom. The molecule has 0 aromatic carbocycles. The first-order chi connectivity index (χ1) is 3.41. The minimum Gasteiger partial charge on any atom is -0.381 e. The fraction of sp³-hybridized carbons (Fsp3) is 0.500. The average Bonchev–Trinajstić information content (AvgIpc) is 1.75. The monoisotopic (exact) mass is 140 g/mol. The van der Waals surface area contributed by atoms with E-state index in [0.717, 1.165) is 0 Å². The Hall–Kier alpha value is -0.0900. The Balaban J connectivity index is -0.0000000750. The van der Waals surface area contributed by atoms with Crippen molar-refractivity contribution in [1.29, 1.82) is 0 Å². The predicted octanol–water partition coefficient (Wildman–Crippen LogP) is 0.0594.